The Morgan fingerprint density at radius 2 is 1.57 bits per heavy atom. The van der Waals surface area contributed by atoms with Gasteiger partial charge in [0.2, 0.25) is 11.8 Å². The highest BCUT2D eigenvalue weighted by atomic mass is 28.4. The highest BCUT2D eigenvalue weighted by Crippen LogP contribution is 2.59. The van der Waals surface area contributed by atoms with Gasteiger partial charge in [-0.15, -0.1) is 0 Å². The molecule has 1 saturated heterocycles. The molecule has 274 valence electrons. The van der Waals surface area contributed by atoms with E-state index in [1.807, 2.05) is 129 Å². The summed E-state index contributed by atoms with van der Waals surface area (Å²) in [5.41, 5.74) is 3.94. The van der Waals surface area contributed by atoms with Crippen LogP contribution in [-0.2, 0) is 37.8 Å². The number of carbonyl (C=O) groups excluding carboxylic acids is 3. The van der Waals surface area contributed by atoms with Crippen LogP contribution in [0.4, 0.5) is 11.4 Å². The van der Waals surface area contributed by atoms with Crippen LogP contribution < -0.4 is 9.91 Å². The largest absolute Gasteiger partial charge is 0.432 e. The minimum Gasteiger partial charge on any atom is -0.432 e. The topological polar surface area (TPSA) is 123 Å². The van der Waals surface area contributed by atoms with E-state index < -0.39 is 31.5 Å². The first-order valence-corrected chi connectivity index (χ1v) is 21.3. The number of rotatable bonds is 11. The molecule has 0 aliphatic carbocycles. The lowest BCUT2D eigenvalue weighted by Crippen LogP contribution is -2.46. The number of ether oxygens (including phenoxy) is 1. The highest BCUT2D eigenvalue weighted by Gasteiger charge is 2.66. The van der Waals surface area contributed by atoms with Gasteiger partial charge in [-0.1, -0.05) is 97.9 Å². The molecular weight excluding hydrogens is 685 g/mol. The molecule has 4 aromatic rings. The molecule has 10 nitrogen and oxygen atoms in total. The standard InChI is InChI=1S/C42H46N4O6Si/c1-29-40(53(2,3)51)37(26-39(49)44(24-25-47)27-30-12-6-4-7-13-30)52-42(29)34-16-10-11-17-36(34)45(41(42)50)28-31-18-20-33(21-19-31)46-38(48)23-22-35(43-46)32-14-8-5-9-15-32/h4-21,29,37,40,47,51H,22-28H2,1-3H3/t29-,37+,40-,42+/m1/s1. The minimum absolute atomic E-state index is 0.0266. The molecule has 3 aliphatic rings. The molecule has 0 bridgehead atoms. The quantitative estimate of drug-likeness (QED) is 0.183. The number of fused-ring (bicyclic) bond motifs is 2. The Hall–Kier alpha value is -4.94. The Bertz CT molecular complexity index is 2000. The summed E-state index contributed by atoms with van der Waals surface area (Å²) in [6.07, 6.45) is 0.209. The first kappa shape index (κ1) is 36.4. The average Bonchev–Trinajstić information content (AvgIpc) is 3.58. The molecule has 0 aromatic heterocycles. The smallest absolute Gasteiger partial charge is 0.264 e. The van der Waals surface area contributed by atoms with Gasteiger partial charge in [-0.25, -0.2) is 5.01 Å². The van der Waals surface area contributed by atoms with Gasteiger partial charge in [0.05, 0.1) is 42.8 Å². The second-order valence-corrected chi connectivity index (χ2v) is 18.8. The molecule has 3 amide bonds. The number of carbonyl (C=O) groups is 3. The van der Waals surface area contributed by atoms with Crippen molar-refractivity contribution < 1.29 is 29.0 Å². The fourth-order valence-corrected chi connectivity index (χ4v) is 11.0. The summed E-state index contributed by atoms with van der Waals surface area (Å²) in [5, 5.41) is 16.0. The van der Waals surface area contributed by atoms with Crippen LogP contribution in [0.2, 0.25) is 18.6 Å². The van der Waals surface area contributed by atoms with Crippen LogP contribution in [0.15, 0.2) is 114 Å². The molecule has 3 heterocycles. The van der Waals surface area contributed by atoms with Gasteiger partial charge in [0, 0.05) is 43.0 Å². The van der Waals surface area contributed by atoms with Gasteiger partial charge < -0.3 is 24.4 Å². The van der Waals surface area contributed by atoms with Crippen LogP contribution in [0.1, 0.15) is 48.4 Å². The Morgan fingerprint density at radius 1 is 0.906 bits per heavy atom. The van der Waals surface area contributed by atoms with E-state index in [9.17, 15) is 24.3 Å². The van der Waals surface area contributed by atoms with Crippen LogP contribution in [-0.4, -0.2) is 65.8 Å². The van der Waals surface area contributed by atoms with Crippen molar-refractivity contribution in [3.63, 3.8) is 0 Å². The minimum atomic E-state index is -3.00. The van der Waals surface area contributed by atoms with E-state index >= 15 is 0 Å². The maximum absolute atomic E-state index is 14.8. The Morgan fingerprint density at radius 3 is 2.25 bits per heavy atom. The molecule has 0 radical (unpaired) electrons. The van der Waals surface area contributed by atoms with Crippen LogP contribution in [0, 0.1) is 5.92 Å². The van der Waals surface area contributed by atoms with Crippen LogP contribution >= 0.6 is 0 Å². The third-order valence-electron chi connectivity index (χ3n) is 10.9. The molecule has 3 aliphatic heterocycles. The molecule has 11 heteroatoms. The molecular formula is C42H46N4O6Si. The Kier molecular flexibility index (Phi) is 10.2. The van der Waals surface area contributed by atoms with E-state index in [2.05, 4.69) is 0 Å². The monoisotopic (exact) mass is 730 g/mol. The molecule has 0 unspecified atom stereocenters. The van der Waals surface area contributed by atoms with Crippen LogP contribution in [0.5, 0.6) is 0 Å². The molecule has 2 N–H and O–H groups in total. The molecule has 1 fully saturated rings. The average molecular weight is 731 g/mol. The van der Waals surface area contributed by atoms with E-state index in [0.29, 0.717) is 25.1 Å². The predicted molar refractivity (Wildman–Crippen MR) is 207 cm³/mol. The summed E-state index contributed by atoms with van der Waals surface area (Å²) in [6.45, 7) is 6.21. The van der Waals surface area contributed by atoms with Crippen molar-refractivity contribution in [2.24, 2.45) is 11.0 Å². The van der Waals surface area contributed by atoms with Crippen molar-refractivity contribution in [1.29, 1.82) is 0 Å². The Balaban J connectivity index is 1.15. The fraction of sp³-hybridized carbons (Fsp3) is 0.333. The number of hydrogen-bond acceptors (Lipinski definition) is 7. The number of aliphatic hydroxyl groups excluding tert-OH is 1. The van der Waals surface area contributed by atoms with Gasteiger partial charge in [-0.05, 0) is 48.0 Å². The second kappa shape index (κ2) is 14.8. The molecule has 7 rings (SSSR count). The van der Waals surface area contributed by atoms with Gasteiger partial charge in [0.25, 0.3) is 5.91 Å². The predicted octanol–water partition coefficient (Wildman–Crippen LogP) is 5.97. The summed E-state index contributed by atoms with van der Waals surface area (Å²) >= 11 is 0. The SMILES string of the molecule is C[C@@H]1[C@@H]([Si](C)(C)O)[C@H](CC(=O)N(CCO)Cc2ccccc2)O[C@@]12C(=O)N(Cc1ccc(N3N=C(c4ccccc4)CCC3=O)cc1)c1ccccc12. The maximum Gasteiger partial charge on any atom is 0.264 e. The van der Waals surface area contributed by atoms with E-state index in [1.165, 1.54) is 5.01 Å². The maximum atomic E-state index is 14.8. The molecule has 53 heavy (non-hydrogen) atoms. The normalized spacial score (nSPS) is 22.7. The van der Waals surface area contributed by atoms with Crippen molar-refractivity contribution in [3.05, 3.63) is 131 Å². The number of nitrogens with zero attached hydrogens (tertiary/aromatic N) is 4. The lowest BCUT2D eigenvalue weighted by atomic mass is 9.82. The molecule has 4 atom stereocenters. The van der Waals surface area contributed by atoms with Crippen molar-refractivity contribution in [1.82, 2.24) is 4.90 Å². The number of amides is 3. The lowest BCUT2D eigenvalue weighted by molar-refractivity contribution is -0.150. The van der Waals surface area contributed by atoms with Gasteiger partial charge in [-0.3, -0.25) is 14.4 Å². The summed E-state index contributed by atoms with van der Waals surface area (Å²) in [4.78, 5) is 56.7. The number of para-hydroxylation sites is 1. The van der Waals surface area contributed by atoms with Crippen molar-refractivity contribution >= 4 is 43.1 Å². The van der Waals surface area contributed by atoms with Gasteiger partial charge in [-0.2, -0.15) is 5.10 Å². The number of aliphatic hydroxyl groups is 1. The summed E-state index contributed by atoms with van der Waals surface area (Å²) < 4.78 is 6.89. The molecule has 4 aromatic carbocycles. The zero-order chi connectivity index (χ0) is 37.3. The second-order valence-electron chi connectivity index (χ2n) is 14.8. The van der Waals surface area contributed by atoms with E-state index in [4.69, 9.17) is 9.84 Å². The summed E-state index contributed by atoms with van der Waals surface area (Å²) in [6, 6.07) is 34.6. The van der Waals surface area contributed by atoms with Crippen molar-refractivity contribution in [2.45, 2.75) is 69.6 Å². The fourth-order valence-electron chi connectivity index (χ4n) is 8.42. The zero-order valence-electron chi connectivity index (χ0n) is 30.4. The third-order valence-corrected chi connectivity index (χ3v) is 13.4. The Labute approximate surface area is 311 Å². The highest BCUT2D eigenvalue weighted by molar-refractivity contribution is 6.71. The summed E-state index contributed by atoms with van der Waals surface area (Å²) in [7, 11) is -3.00. The number of hydrogen-bond donors (Lipinski definition) is 2. The first-order chi connectivity index (χ1) is 25.5. The van der Waals surface area contributed by atoms with Crippen LogP contribution in [0.25, 0.3) is 0 Å². The van der Waals surface area contributed by atoms with E-state index in [0.717, 1.165) is 33.7 Å². The zero-order valence-corrected chi connectivity index (χ0v) is 31.4. The number of anilines is 2. The van der Waals surface area contributed by atoms with Crippen molar-refractivity contribution in [2.75, 3.05) is 23.1 Å². The van der Waals surface area contributed by atoms with E-state index in [-0.39, 0.29) is 43.8 Å². The molecule has 0 saturated carbocycles. The van der Waals surface area contributed by atoms with Gasteiger partial charge in [0.15, 0.2) is 13.9 Å². The van der Waals surface area contributed by atoms with Gasteiger partial charge >= 0.3 is 0 Å². The molecule has 1 spiro atoms. The van der Waals surface area contributed by atoms with Crippen LogP contribution in [0.3, 0.4) is 0 Å². The van der Waals surface area contributed by atoms with E-state index in [1.54, 1.807) is 9.80 Å². The first-order valence-electron chi connectivity index (χ1n) is 18.3. The lowest BCUT2D eigenvalue weighted by Gasteiger charge is -2.32. The number of hydrazone groups is 1. The van der Waals surface area contributed by atoms with Gasteiger partial charge in [0.1, 0.15) is 0 Å². The summed E-state index contributed by atoms with van der Waals surface area (Å²) in [5.74, 6) is -0.931. The van der Waals surface area contributed by atoms with Crippen molar-refractivity contribution in [3.8, 4) is 0 Å². The number of benzene rings is 4. The third kappa shape index (κ3) is 6.97.